The number of amides is 1. The van der Waals surface area contributed by atoms with E-state index in [1.165, 1.54) is 12.0 Å². The van der Waals surface area contributed by atoms with Gasteiger partial charge in [0.1, 0.15) is 5.69 Å². The predicted octanol–water partition coefficient (Wildman–Crippen LogP) is 2.81. The zero-order valence-corrected chi connectivity index (χ0v) is 15.7. The van der Waals surface area contributed by atoms with Crippen molar-refractivity contribution in [3.8, 4) is 0 Å². The van der Waals surface area contributed by atoms with Crippen molar-refractivity contribution in [3.05, 3.63) is 54.1 Å². The zero-order valence-electron chi connectivity index (χ0n) is 15.7. The molecule has 1 amide bonds. The highest BCUT2D eigenvalue weighted by molar-refractivity contribution is 5.92. The van der Waals surface area contributed by atoms with E-state index in [1.807, 2.05) is 16.5 Å². The van der Waals surface area contributed by atoms with Gasteiger partial charge < -0.3 is 14.8 Å². The maximum Gasteiger partial charge on any atom is 0.274 e. The summed E-state index contributed by atoms with van der Waals surface area (Å²) >= 11 is 0. The van der Waals surface area contributed by atoms with Crippen LogP contribution in [0.1, 0.15) is 48.2 Å². The van der Waals surface area contributed by atoms with Crippen LogP contribution in [0.3, 0.4) is 0 Å². The first-order valence-electron chi connectivity index (χ1n) is 9.60. The van der Waals surface area contributed by atoms with Crippen LogP contribution in [-0.2, 0) is 7.05 Å². The SMILES string of the molecule is Cn1cnc(C(=O)N2CCC(C)(CN[C@@H]3C[C@@H]3c3ccccc3)CC2)c1. The zero-order chi connectivity index (χ0) is 18.1. The summed E-state index contributed by atoms with van der Waals surface area (Å²) < 4.78 is 1.82. The van der Waals surface area contributed by atoms with Gasteiger partial charge in [-0.1, -0.05) is 37.3 Å². The lowest BCUT2D eigenvalue weighted by atomic mass is 9.80. The first-order chi connectivity index (χ1) is 12.5. The third kappa shape index (κ3) is 3.68. The van der Waals surface area contributed by atoms with Gasteiger partial charge in [-0.15, -0.1) is 0 Å². The summed E-state index contributed by atoms with van der Waals surface area (Å²) in [4.78, 5) is 18.7. The Morgan fingerprint density at radius 1 is 1.27 bits per heavy atom. The molecule has 1 aliphatic heterocycles. The Morgan fingerprint density at radius 2 is 2.00 bits per heavy atom. The second-order valence-corrected chi connectivity index (χ2v) is 8.27. The van der Waals surface area contributed by atoms with Gasteiger partial charge in [-0.3, -0.25) is 4.79 Å². The first-order valence-corrected chi connectivity index (χ1v) is 9.60. The lowest BCUT2D eigenvalue weighted by Crippen LogP contribution is -2.46. The van der Waals surface area contributed by atoms with Gasteiger partial charge in [0, 0.05) is 44.8 Å². The van der Waals surface area contributed by atoms with Gasteiger partial charge in [-0.2, -0.15) is 0 Å². The van der Waals surface area contributed by atoms with Gasteiger partial charge >= 0.3 is 0 Å². The monoisotopic (exact) mass is 352 g/mol. The van der Waals surface area contributed by atoms with E-state index in [0.717, 1.165) is 32.5 Å². The molecule has 1 saturated carbocycles. The summed E-state index contributed by atoms with van der Waals surface area (Å²) in [6.45, 7) is 5.02. The third-order valence-corrected chi connectivity index (χ3v) is 5.99. The van der Waals surface area contributed by atoms with Gasteiger partial charge in [0.15, 0.2) is 0 Å². The number of aromatic nitrogens is 2. The summed E-state index contributed by atoms with van der Waals surface area (Å²) in [6, 6.07) is 11.4. The van der Waals surface area contributed by atoms with Crippen molar-refractivity contribution < 1.29 is 4.79 Å². The van der Waals surface area contributed by atoms with Crippen LogP contribution in [0.2, 0.25) is 0 Å². The Bertz CT molecular complexity index is 761. The Balaban J connectivity index is 1.25. The van der Waals surface area contributed by atoms with E-state index in [9.17, 15) is 4.79 Å². The van der Waals surface area contributed by atoms with Gasteiger partial charge in [0.25, 0.3) is 5.91 Å². The van der Waals surface area contributed by atoms with Crippen molar-refractivity contribution in [1.29, 1.82) is 0 Å². The van der Waals surface area contributed by atoms with Crippen molar-refractivity contribution in [2.75, 3.05) is 19.6 Å². The Labute approximate surface area is 155 Å². The van der Waals surface area contributed by atoms with Crippen molar-refractivity contribution in [2.45, 2.75) is 38.1 Å². The number of likely N-dealkylation sites (tertiary alicyclic amines) is 1. The summed E-state index contributed by atoms with van der Waals surface area (Å²) in [7, 11) is 1.89. The predicted molar refractivity (Wildman–Crippen MR) is 102 cm³/mol. The van der Waals surface area contributed by atoms with Crippen LogP contribution in [0, 0.1) is 5.41 Å². The van der Waals surface area contributed by atoms with E-state index >= 15 is 0 Å². The molecule has 5 heteroatoms. The number of carbonyl (C=O) groups excluding carboxylic acids is 1. The minimum absolute atomic E-state index is 0.0620. The molecule has 1 aliphatic carbocycles. The largest absolute Gasteiger partial charge is 0.340 e. The molecule has 26 heavy (non-hydrogen) atoms. The number of carbonyl (C=O) groups is 1. The summed E-state index contributed by atoms with van der Waals surface area (Å²) in [6.07, 6.45) is 6.81. The maximum atomic E-state index is 12.5. The van der Waals surface area contributed by atoms with Gasteiger partial charge in [-0.05, 0) is 30.2 Å². The molecular formula is C21H28N4O. The van der Waals surface area contributed by atoms with Crippen LogP contribution in [0.15, 0.2) is 42.9 Å². The first kappa shape index (κ1) is 17.3. The molecule has 2 aliphatic rings. The van der Waals surface area contributed by atoms with Crippen LogP contribution in [0.25, 0.3) is 0 Å². The topological polar surface area (TPSA) is 50.2 Å². The number of rotatable bonds is 5. The third-order valence-electron chi connectivity index (χ3n) is 5.99. The number of aryl methyl sites for hydroxylation is 1. The van der Waals surface area contributed by atoms with Crippen LogP contribution in [-0.4, -0.2) is 46.0 Å². The molecule has 2 heterocycles. The molecule has 0 unspecified atom stereocenters. The minimum Gasteiger partial charge on any atom is -0.340 e. The number of hydrogen-bond acceptors (Lipinski definition) is 3. The fourth-order valence-electron chi connectivity index (χ4n) is 3.98. The molecule has 2 atom stereocenters. The molecular weight excluding hydrogens is 324 g/mol. The molecule has 2 aromatic rings. The summed E-state index contributed by atoms with van der Waals surface area (Å²) in [5, 5.41) is 3.78. The molecule has 138 valence electrons. The lowest BCUT2D eigenvalue weighted by Gasteiger charge is -2.39. The number of benzene rings is 1. The van der Waals surface area contributed by atoms with Crippen LogP contribution in [0.4, 0.5) is 0 Å². The highest BCUT2D eigenvalue weighted by atomic mass is 16.2. The summed E-state index contributed by atoms with van der Waals surface area (Å²) in [5.74, 6) is 0.734. The molecule has 2 fully saturated rings. The highest BCUT2D eigenvalue weighted by Crippen LogP contribution is 2.41. The fraction of sp³-hybridized carbons (Fsp3) is 0.524. The molecule has 4 rings (SSSR count). The van der Waals surface area contributed by atoms with E-state index in [4.69, 9.17) is 0 Å². The van der Waals surface area contributed by atoms with Crippen molar-refractivity contribution in [2.24, 2.45) is 12.5 Å². The van der Waals surface area contributed by atoms with Crippen LogP contribution < -0.4 is 5.32 Å². The van der Waals surface area contributed by atoms with Gasteiger partial charge in [0.05, 0.1) is 6.33 Å². The van der Waals surface area contributed by atoms with Crippen molar-refractivity contribution in [1.82, 2.24) is 19.8 Å². The van der Waals surface area contributed by atoms with Crippen molar-refractivity contribution in [3.63, 3.8) is 0 Å². The fourth-order valence-corrected chi connectivity index (χ4v) is 3.98. The quantitative estimate of drug-likeness (QED) is 0.900. The Kier molecular flexibility index (Phi) is 4.57. The maximum absolute atomic E-state index is 12.5. The van der Waals surface area contributed by atoms with E-state index in [1.54, 1.807) is 12.5 Å². The second-order valence-electron chi connectivity index (χ2n) is 8.27. The molecule has 0 bridgehead atoms. The smallest absolute Gasteiger partial charge is 0.274 e. The number of nitrogens with zero attached hydrogens (tertiary/aromatic N) is 3. The standard InChI is InChI=1S/C21H28N4O/c1-21(14-22-18-12-17(18)16-6-4-3-5-7-16)8-10-25(11-9-21)20(26)19-13-24(2)15-23-19/h3-7,13,15,17-18,22H,8-12,14H2,1-2H3/t17-,18-/m1/s1. The van der Waals surface area contributed by atoms with E-state index in [0.29, 0.717) is 17.7 Å². The normalized spacial score (nSPS) is 24.5. The summed E-state index contributed by atoms with van der Waals surface area (Å²) in [5.41, 5.74) is 2.27. The average Bonchev–Trinajstić information content (AvgIpc) is 3.32. The minimum atomic E-state index is 0.0620. The average molecular weight is 352 g/mol. The van der Waals surface area contributed by atoms with Gasteiger partial charge in [0.2, 0.25) is 0 Å². The number of imidazole rings is 1. The number of nitrogens with one attached hydrogen (secondary N) is 1. The molecule has 1 N–H and O–H groups in total. The molecule has 1 saturated heterocycles. The molecule has 5 nitrogen and oxygen atoms in total. The van der Waals surface area contributed by atoms with Crippen LogP contribution in [0.5, 0.6) is 0 Å². The Hall–Kier alpha value is -2.14. The molecule has 0 spiro atoms. The van der Waals surface area contributed by atoms with E-state index in [-0.39, 0.29) is 11.3 Å². The van der Waals surface area contributed by atoms with Crippen LogP contribution >= 0.6 is 0 Å². The number of hydrogen-bond donors (Lipinski definition) is 1. The van der Waals surface area contributed by atoms with Crippen molar-refractivity contribution >= 4 is 5.91 Å². The molecule has 0 radical (unpaired) electrons. The van der Waals surface area contributed by atoms with Gasteiger partial charge in [-0.25, -0.2) is 4.98 Å². The molecule has 1 aromatic heterocycles. The number of piperidine rings is 1. The Morgan fingerprint density at radius 3 is 2.65 bits per heavy atom. The van der Waals surface area contributed by atoms with E-state index in [2.05, 4.69) is 47.6 Å². The molecule has 1 aromatic carbocycles. The second kappa shape index (κ2) is 6.88. The lowest BCUT2D eigenvalue weighted by molar-refractivity contribution is 0.0599. The highest BCUT2D eigenvalue weighted by Gasteiger charge is 2.40. The van der Waals surface area contributed by atoms with E-state index < -0.39 is 0 Å².